The van der Waals surface area contributed by atoms with Crippen molar-refractivity contribution in [1.29, 1.82) is 0 Å². The summed E-state index contributed by atoms with van der Waals surface area (Å²) >= 11 is 6.17. The smallest absolute Gasteiger partial charge is 0.252 e. The van der Waals surface area contributed by atoms with Crippen LogP contribution in [0.3, 0.4) is 0 Å². The van der Waals surface area contributed by atoms with E-state index in [4.69, 9.17) is 17.3 Å². The molecule has 0 saturated heterocycles. The average Bonchev–Trinajstić information content (AvgIpc) is 2.33. The van der Waals surface area contributed by atoms with Crippen LogP contribution in [0.5, 0.6) is 0 Å². The Morgan fingerprint density at radius 3 is 2.39 bits per heavy atom. The summed E-state index contributed by atoms with van der Waals surface area (Å²) in [7, 11) is 0. The van der Waals surface area contributed by atoms with Gasteiger partial charge in [-0.05, 0) is 38.3 Å². The summed E-state index contributed by atoms with van der Waals surface area (Å²) in [4.78, 5) is 11.6. The third kappa shape index (κ3) is 2.96. The van der Waals surface area contributed by atoms with Gasteiger partial charge < -0.3 is 11.1 Å². The topological polar surface area (TPSA) is 55.1 Å². The molecule has 0 spiro atoms. The zero-order valence-corrected chi connectivity index (χ0v) is 12.2. The molecule has 0 aliphatic heterocycles. The van der Waals surface area contributed by atoms with Gasteiger partial charge in [-0.25, -0.2) is 0 Å². The molecule has 0 aliphatic rings. The van der Waals surface area contributed by atoms with E-state index in [2.05, 4.69) is 26.1 Å². The molecule has 1 rings (SSSR count). The zero-order valence-electron chi connectivity index (χ0n) is 11.4. The van der Waals surface area contributed by atoms with E-state index in [9.17, 15) is 4.79 Å². The van der Waals surface area contributed by atoms with Crippen LogP contribution >= 0.6 is 11.6 Å². The largest absolute Gasteiger partial charge is 0.379 e. The molecule has 100 valence electrons. The number of nitrogens with one attached hydrogen (secondary N) is 1. The van der Waals surface area contributed by atoms with Gasteiger partial charge in [0.15, 0.2) is 0 Å². The van der Waals surface area contributed by atoms with E-state index in [1.165, 1.54) is 0 Å². The van der Waals surface area contributed by atoms with Crippen LogP contribution in [-0.4, -0.2) is 11.4 Å². The number of nitrogens with two attached hydrogens (primary N) is 1. The Labute approximate surface area is 114 Å². The maximum Gasteiger partial charge on any atom is 0.252 e. The summed E-state index contributed by atoms with van der Waals surface area (Å²) in [5.41, 5.74) is 7.30. The Morgan fingerprint density at radius 2 is 1.94 bits per heavy atom. The van der Waals surface area contributed by atoms with Crippen LogP contribution in [-0.2, 0) is 0 Å². The predicted octanol–water partition coefficient (Wildman–Crippen LogP) is 3.74. The quantitative estimate of drug-likeness (QED) is 0.855. The highest BCUT2D eigenvalue weighted by Gasteiger charge is 2.23. The maximum absolute atomic E-state index is 11.6. The molecule has 0 bridgehead atoms. The molecule has 0 aliphatic carbocycles. The summed E-state index contributed by atoms with van der Waals surface area (Å²) in [6, 6.07) is 3.76. The molecule has 0 aromatic heterocycles. The van der Waals surface area contributed by atoms with Crippen LogP contribution in [0.2, 0.25) is 5.02 Å². The van der Waals surface area contributed by atoms with Crippen molar-refractivity contribution in [3.8, 4) is 0 Å². The maximum atomic E-state index is 11.6. The van der Waals surface area contributed by atoms with Crippen LogP contribution in [0.1, 0.15) is 49.5 Å². The highest BCUT2D eigenvalue weighted by Crippen LogP contribution is 2.31. The molecule has 3 nitrogen and oxygen atoms in total. The van der Waals surface area contributed by atoms with E-state index in [1.807, 2.05) is 19.1 Å². The van der Waals surface area contributed by atoms with Crippen molar-refractivity contribution >= 4 is 23.2 Å². The highest BCUT2D eigenvalue weighted by atomic mass is 35.5. The van der Waals surface area contributed by atoms with E-state index < -0.39 is 5.91 Å². The van der Waals surface area contributed by atoms with Gasteiger partial charge in [0, 0.05) is 11.2 Å². The zero-order chi connectivity index (χ0) is 13.9. The number of amides is 1. The molecule has 0 radical (unpaired) electrons. The first-order valence-electron chi connectivity index (χ1n) is 6.21. The molecule has 0 unspecified atom stereocenters. The molecule has 0 atom stereocenters. The fourth-order valence-corrected chi connectivity index (χ4v) is 2.04. The lowest BCUT2D eigenvalue weighted by Crippen LogP contribution is -2.34. The van der Waals surface area contributed by atoms with Gasteiger partial charge in [0.05, 0.1) is 10.6 Å². The minimum Gasteiger partial charge on any atom is -0.379 e. The third-order valence-corrected chi connectivity index (χ3v) is 4.07. The van der Waals surface area contributed by atoms with Crippen LogP contribution in [0.15, 0.2) is 12.1 Å². The molecular weight excluding hydrogens is 248 g/mol. The number of rotatable bonds is 5. The highest BCUT2D eigenvalue weighted by molar-refractivity contribution is 6.35. The fraction of sp³-hybridized carbons (Fsp3) is 0.500. The van der Waals surface area contributed by atoms with Crippen molar-refractivity contribution in [3.63, 3.8) is 0 Å². The standard InChI is InChI=1S/C14H21ClN2O/c1-5-14(4,6-2)17-10-8-7-9(3)12(15)11(10)13(16)18/h7-8,17H,5-6H2,1-4H3,(H2,16,18). The van der Waals surface area contributed by atoms with Gasteiger partial charge >= 0.3 is 0 Å². The average molecular weight is 269 g/mol. The monoisotopic (exact) mass is 268 g/mol. The molecule has 1 aromatic carbocycles. The summed E-state index contributed by atoms with van der Waals surface area (Å²) < 4.78 is 0. The van der Waals surface area contributed by atoms with Crippen LogP contribution in [0.4, 0.5) is 5.69 Å². The third-order valence-electron chi connectivity index (χ3n) is 3.58. The van der Waals surface area contributed by atoms with Crippen molar-refractivity contribution < 1.29 is 4.79 Å². The van der Waals surface area contributed by atoms with Gasteiger partial charge in [0.25, 0.3) is 5.91 Å². The normalized spacial score (nSPS) is 11.4. The molecule has 1 aromatic rings. The van der Waals surface area contributed by atoms with E-state index >= 15 is 0 Å². The van der Waals surface area contributed by atoms with Gasteiger partial charge in [0.2, 0.25) is 0 Å². The Morgan fingerprint density at radius 1 is 1.39 bits per heavy atom. The van der Waals surface area contributed by atoms with Crippen molar-refractivity contribution in [2.75, 3.05) is 5.32 Å². The Balaban J connectivity index is 3.25. The minimum atomic E-state index is -0.499. The number of halogens is 1. The number of anilines is 1. The van der Waals surface area contributed by atoms with E-state index in [-0.39, 0.29) is 5.54 Å². The molecule has 4 heteroatoms. The number of carbonyl (C=O) groups is 1. The van der Waals surface area contributed by atoms with E-state index in [1.54, 1.807) is 0 Å². The number of aryl methyl sites for hydroxylation is 1. The second kappa shape index (κ2) is 5.61. The van der Waals surface area contributed by atoms with Gasteiger partial charge in [-0.2, -0.15) is 0 Å². The van der Waals surface area contributed by atoms with E-state index in [0.717, 1.165) is 18.4 Å². The second-order valence-electron chi connectivity index (χ2n) is 4.88. The first-order chi connectivity index (χ1) is 8.34. The molecule has 0 saturated carbocycles. The number of carbonyl (C=O) groups excluding carboxylic acids is 1. The second-order valence-corrected chi connectivity index (χ2v) is 5.25. The molecule has 0 fully saturated rings. The molecule has 0 heterocycles. The Hall–Kier alpha value is -1.22. The summed E-state index contributed by atoms with van der Waals surface area (Å²) in [6.07, 6.45) is 1.90. The first kappa shape index (κ1) is 14.8. The lowest BCUT2D eigenvalue weighted by atomic mass is 9.94. The molecule has 18 heavy (non-hydrogen) atoms. The van der Waals surface area contributed by atoms with E-state index in [0.29, 0.717) is 16.3 Å². The molecule has 3 N–H and O–H groups in total. The lowest BCUT2D eigenvalue weighted by Gasteiger charge is -2.30. The number of hydrogen-bond donors (Lipinski definition) is 2. The number of hydrogen-bond acceptors (Lipinski definition) is 2. The summed E-state index contributed by atoms with van der Waals surface area (Å²) in [6.45, 7) is 8.19. The summed E-state index contributed by atoms with van der Waals surface area (Å²) in [5, 5.41) is 3.82. The minimum absolute atomic E-state index is 0.0667. The molecule has 1 amide bonds. The molecular formula is C14H21ClN2O. The Kier molecular flexibility index (Phi) is 4.63. The van der Waals surface area contributed by atoms with Gasteiger partial charge in [0.1, 0.15) is 0 Å². The van der Waals surface area contributed by atoms with Gasteiger partial charge in [-0.3, -0.25) is 4.79 Å². The van der Waals surface area contributed by atoms with Gasteiger partial charge in [-0.1, -0.05) is 31.5 Å². The van der Waals surface area contributed by atoms with Crippen molar-refractivity contribution in [2.45, 2.75) is 46.1 Å². The van der Waals surface area contributed by atoms with Crippen molar-refractivity contribution in [1.82, 2.24) is 0 Å². The number of primary amides is 1. The van der Waals surface area contributed by atoms with Crippen molar-refractivity contribution in [3.05, 3.63) is 28.3 Å². The SMILES string of the molecule is CCC(C)(CC)Nc1ccc(C)c(Cl)c1C(N)=O. The van der Waals surface area contributed by atoms with Crippen LogP contribution in [0.25, 0.3) is 0 Å². The fourth-order valence-electron chi connectivity index (χ4n) is 1.78. The first-order valence-corrected chi connectivity index (χ1v) is 6.59. The predicted molar refractivity (Wildman–Crippen MR) is 77.3 cm³/mol. The number of benzene rings is 1. The van der Waals surface area contributed by atoms with Crippen LogP contribution in [0, 0.1) is 6.92 Å². The Bertz CT molecular complexity index is 453. The van der Waals surface area contributed by atoms with Crippen molar-refractivity contribution in [2.24, 2.45) is 5.73 Å². The van der Waals surface area contributed by atoms with Crippen LogP contribution < -0.4 is 11.1 Å². The van der Waals surface area contributed by atoms with Gasteiger partial charge in [-0.15, -0.1) is 0 Å². The summed E-state index contributed by atoms with van der Waals surface area (Å²) in [5.74, 6) is -0.499. The lowest BCUT2D eigenvalue weighted by molar-refractivity contribution is 0.100.